The number of anilines is 2. The molecule has 0 spiro atoms. The van der Waals surface area contributed by atoms with Crippen molar-refractivity contribution in [3.05, 3.63) is 40.3 Å². The Balaban J connectivity index is 1.82. The second kappa shape index (κ2) is 5.85. The topological polar surface area (TPSA) is 107 Å². The number of thiophene rings is 1. The van der Waals surface area contributed by atoms with E-state index in [1.807, 2.05) is 0 Å². The number of nitrogens with zero attached hydrogens (tertiary/aromatic N) is 5. The summed E-state index contributed by atoms with van der Waals surface area (Å²) < 4.78 is 1.54. The molecule has 3 heterocycles. The number of hydrazine groups is 1. The van der Waals surface area contributed by atoms with Gasteiger partial charge in [-0.1, -0.05) is 0 Å². The average molecular weight is 302 g/mol. The van der Waals surface area contributed by atoms with Gasteiger partial charge in [0.15, 0.2) is 0 Å². The van der Waals surface area contributed by atoms with Gasteiger partial charge in [-0.3, -0.25) is 5.43 Å². The van der Waals surface area contributed by atoms with Crippen LogP contribution in [0.2, 0.25) is 0 Å². The van der Waals surface area contributed by atoms with Crippen LogP contribution in [-0.4, -0.2) is 24.7 Å². The molecule has 0 aliphatic rings. The van der Waals surface area contributed by atoms with Crippen LogP contribution < -0.4 is 16.6 Å². The molecule has 0 amide bonds. The number of nitrogens with two attached hydrogens (primary N) is 1. The third-order valence-corrected chi connectivity index (χ3v) is 3.68. The fourth-order valence-electron chi connectivity index (χ4n) is 1.74. The van der Waals surface area contributed by atoms with Crippen molar-refractivity contribution in [1.82, 2.24) is 24.7 Å². The quantitative estimate of drug-likeness (QED) is 0.482. The van der Waals surface area contributed by atoms with E-state index in [9.17, 15) is 0 Å². The number of nitrogens with one attached hydrogen (secondary N) is 2. The van der Waals surface area contributed by atoms with Gasteiger partial charge in [-0.2, -0.15) is 20.1 Å². The lowest BCUT2D eigenvalue weighted by Gasteiger charge is -2.07. The monoisotopic (exact) mass is 302 g/mol. The van der Waals surface area contributed by atoms with E-state index < -0.39 is 0 Å². The maximum Gasteiger partial charge on any atom is 0.257 e. The number of aromatic nitrogens is 5. The van der Waals surface area contributed by atoms with E-state index in [4.69, 9.17) is 5.84 Å². The molecule has 0 saturated carbocycles. The SMILES string of the molecule is Cc1ccc(CNc2nc(NN)nc(-n3cccn3)n2)s1. The number of aryl methyl sites for hydroxylation is 1. The van der Waals surface area contributed by atoms with Crippen LogP contribution in [0.1, 0.15) is 9.75 Å². The molecule has 0 fully saturated rings. The first-order chi connectivity index (χ1) is 10.2. The largest absolute Gasteiger partial charge is 0.349 e. The van der Waals surface area contributed by atoms with E-state index in [-0.39, 0.29) is 5.95 Å². The summed E-state index contributed by atoms with van der Waals surface area (Å²) in [6.45, 7) is 2.72. The summed E-state index contributed by atoms with van der Waals surface area (Å²) in [6, 6.07) is 5.95. The summed E-state index contributed by atoms with van der Waals surface area (Å²) in [7, 11) is 0. The lowest BCUT2D eigenvalue weighted by Crippen LogP contribution is -2.15. The molecule has 4 N–H and O–H groups in total. The molecule has 9 heteroatoms. The summed E-state index contributed by atoms with van der Waals surface area (Å²) in [5.41, 5.74) is 2.43. The molecule has 3 aromatic heterocycles. The Hall–Kier alpha value is -2.52. The van der Waals surface area contributed by atoms with Crippen molar-refractivity contribution in [2.45, 2.75) is 13.5 Å². The molecule has 0 aliphatic carbocycles. The summed E-state index contributed by atoms with van der Waals surface area (Å²) in [5.74, 6) is 6.51. The zero-order chi connectivity index (χ0) is 14.7. The summed E-state index contributed by atoms with van der Waals surface area (Å²) in [5, 5.41) is 7.26. The minimum atomic E-state index is 0.278. The van der Waals surface area contributed by atoms with Crippen molar-refractivity contribution in [1.29, 1.82) is 0 Å². The standard InChI is InChI=1S/C12H14N8S/c1-8-3-4-9(21-8)7-14-10-16-11(19-13)18-12(17-10)20-6-2-5-15-20/h2-6H,7,13H2,1H3,(H2,14,16,17,18,19). The van der Waals surface area contributed by atoms with Crippen molar-refractivity contribution >= 4 is 23.2 Å². The molecule has 0 radical (unpaired) electrons. The van der Waals surface area contributed by atoms with Crippen molar-refractivity contribution in [2.75, 3.05) is 10.7 Å². The lowest BCUT2D eigenvalue weighted by atomic mass is 10.4. The molecular formula is C12H14N8S. The van der Waals surface area contributed by atoms with Crippen LogP contribution >= 0.6 is 11.3 Å². The van der Waals surface area contributed by atoms with E-state index in [1.54, 1.807) is 34.5 Å². The molecule has 21 heavy (non-hydrogen) atoms. The van der Waals surface area contributed by atoms with E-state index in [2.05, 4.69) is 49.8 Å². The molecule has 0 unspecified atom stereocenters. The Morgan fingerprint density at radius 2 is 2.10 bits per heavy atom. The van der Waals surface area contributed by atoms with E-state index in [1.165, 1.54) is 9.75 Å². The zero-order valence-electron chi connectivity index (χ0n) is 11.3. The predicted molar refractivity (Wildman–Crippen MR) is 81.1 cm³/mol. The number of nitrogen functional groups attached to an aromatic ring is 1. The van der Waals surface area contributed by atoms with E-state index in [0.717, 1.165) is 0 Å². The molecule has 0 saturated heterocycles. The van der Waals surface area contributed by atoms with Gasteiger partial charge < -0.3 is 5.32 Å². The summed E-state index contributed by atoms with van der Waals surface area (Å²) in [4.78, 5) is 15.1. The van der Waals surface area contributed by atoms with Crippen molar-refractivity contribution in [2.24, 2.45) is 5.84 Å². The highest BCUT2D eigenvalue weighted by Gasteiger charge is 2.08. The fraction of sp³-hybridized carbons (Fsp3) is 0.167. The normalized spacial score (nSPS) is 10.6. The first-order valence-electron chi connectivity index (χ1n) is 6.26. The van der Waals surface area contributed by atoms with E-state index >= 15 is 0 Å². The Morgan fingerprint density at radius 1 is 1.24 bits per heavy atom. The highest BCUT2D eigenvalue weighted by atomic mass is 32.1. The van der Waals surface area contributed by atoms with Crippen LogP contribution in [0.15, 0.2) is 30.6 Å². The van der Waals surface area contributed by atoms with Crippen LogP contribution in [0.25, 0.3) is 5.95 Å². The Morgan fingerprint density at radius 3 is 2.76 bits per heavy atom. The molecule has 3 aromatic rings. The Kier molecular flexibility index (Phi) is 3.75. The van der Waals surface area contributed by atoms with Gasteiger partial charge >= 0.3 is 0 Å². The number of hydrogen-bond acceptors (Lipinski definition) is 8. The fourth-order valence-corrected chi connectivity index (χ4v) is 2.57. The molecule has 3 rings (SSSR count). The van der Waals surface area contributed by atoms with Gasteiger partial charge in [-0.05, 0) is 25.1 Å². The second-order valence-electron chi connectivity index (χ2n) is 4.24. The third kappa shape index (κ3) is 3.15. The maximum absolute atomic E-state index is 5.39. The first kappa shape index (κ1) is 13.5. The van der Waals surface area contributed by atoms with Gasteiger partial charge in [0.2, 0.25) is 11.9 Å². The summed E-state index contributed by atoms with van der Waals surface area (Å²) >= 11 is 1.73. The van der Waals surface area contributed by atoms with Crippen LogP contribution in [0.4, 0.5) is 11.9 Å². The molecular weight excluding hydrogens is 288 g/mol. The molecule has 108 valence electrons. The average Bonchev–Trinajstić information content (AvgIpc) is 3.16. The highest BCUT2D eigenvalue weighted by Crippen LogP contribution is 2.16. The van der Waals surface area contributed by atoms with Crippen molar-refractivity contribution in [3.63, 3.8) is 0 Å². The van der Waals surface area contributed by atoms with Gasteiger partial charge in [-0.25, -0.2) is 10.5 Å². The molecule has 8 nitrogen and oxygen atoms in total. The number of hydrogen-bond donors (Lipinski definition) is 3. The van der Waals surface area contributed by atoms with Gasteiger partial charge in [0, 0.05) is 22.1 Å². The van der Waals surface area contributed by atoms with Gasteiger partial charge in [0.25, 0.3) is 5.95 Å². The zero-order valence-corrected chi connectivity index (χ0v) is 12.1. The van der Waals surface area contributed by atoms with Gasteiger partial charge in [0.05, 0.1) is 6.54 Å². The van der Waals surface area contributed by atoms with Gasteiger partial charge in [0.1, 0.15) is 0 Å². The van der Waals surface area contributed by atoms with Crippen molar-refractivity contribution < 1.29 is 0 Å². The first-order valence-corrected chi connectivity index (χ1v) is 7.08. The highest BCUT2D eigenvalue weighted by molar-refractivity contribution is 7.11. The second-order valence-corrected chi connectivity index (χ2v) is 5.62. The number of rotatable bonds is 5. The minimum Gasteiger partial charge on any atom is -0.349 e. The Bertz CT molecular complexity index is 721. The minimum absolute atomic E-state index is 0.278. The molecule has 0 aliphatic heterocycles. The molecule has 0 bridgehead atoms. The van der Waals surface area contributed by atoms with Crippen LogP contribution in [0.5, 0.6) is 0 Å². The van der Waals surface area contributed by atoms with Crippen LogP contribution in [0, 0.1) is 6.92 Å². The summed E-state index contributed by atoms with van der Waals surface area (Å²) in [6.07, 6.45) is 3.41. The third-order valence-electron chi connectivity index (χ3n) is 2.68. The van der Waals surface area contributed by atoms with Gasteiger partial charge in [-0.15, -0.1) is 11.3 Å². The lowest BCUT2D eigenvalue weighted by molar-refractivity contribution is 0.796. The smallest absolute Gasteiger partial charge is 0.257 e. The van der Waals surface area contributed by atoms with Crippen LogP contribution in [-0.2, 0) is 6.54 Å². The molecule has 0 atom stereocenters. The van der Waals surface area contributed by atoms with E-state index in [0.29, 0.717) is 18.4 Å². The van der Waals surface area contributed by atoms with Crippen molar-refractivity contribution in [3.8, 4) is 5.95 Å². The van der Waals surface area contributed by atoms with Crippen LogP contribution in [0.3, 0.4) is 0 Å². The maximum atomic E-state index is 5.39. The molecule has 0 aromatic carbocycles. The predicted octanol–water partition coefficient (Wildman–Crippen LogP) is 1.32. The Labute approximate surface area is 125 Å².